The van der Waals surface area contributed by atoms with Gasteiger partial charge in [0.2, 0.25) is 0 Å². The number of halogens is 2. The molecule has 0 amide bonds. The van der Waals surface area contributed by atoms with E-state index < -0.39 is 0 Å². The molecule has 0 radical (unpaired) electrons. The lowest BCUT2D eigenvalue weighted by atomic mass is 10.0. The van der Waals surface area contributed by atoms with Gasteiger partial charge in [-0.15, -0.1) is 0 Å². The number of fused-ring (bicyclic) bond motifs is 1. The molecule has 1 aliphatic heterocycles. The molecule has 1 nitrogen and oxygen atoms in total. The smallest absolute Gasteiger partial charge is 0.102 e. The molecule has 0 fully saturated rings. The molecule has 0 bridgehead atoms. The Labute approximate surface area is 81.7 Å². The van der Waals surface area contributed by atoms with Gasteiger partial charge < -0.3 is 5.32 Å². The number of rotatable bonds is 0. The summed E-state index contributed by atoms with van der Waals surface area (Å²) in [6.07, 6.45) is 1.06. The van der Waals surface area contributed by atoms with E-state index in [1.807, 2.05) is 12.1 Å². The van der Waals surface area contributed by atoms with Crippen molar-refractivity contribution in [2.45, 2.75) is 13.0 Å². The Morgan fingerprint density at radius 3 is 2.92 bits per heavy atom. The maximum atomic E-state index is 6.05. The third-order valence-corrected chi connectivity index (χ3v) is 2.77. The monoisotopic (exact) mass is 202 g/mol. The zero-order valence-corrected chi connectivity index (χ0v) is 8.12. The van der Waals surface area contributed by atoms with Crippen LogP contribution < -0.4 is 5.32 Å². The number of hydrogen-bond donors (Lipinski definition) is 1. The molecule has 0 saturated carbocycles. The Bertz CT molecular complexity index is 310. The second-order valence-electron chi connectivity index (χ2n) is 3.06. The van der Waals surface area contributed by atoms with E-state index in [2.05, 4.69) is 5.32 Å². The molecule has 2 rings (SSSR count). The maximum absolute atomic E-state index is 6.05. The van der Waals surface area contributed by atoms with Gasteiger partial charge in [0.1, 0.15) is 6.54 Å². The molecule has 12 heavy (non-hydrogen) atoms. The zero-order valence-electron chi connectivity index (χ0n) is 6.61. The summed E-state index contributed by atoms with van der Waals surface area (Å²) in [6, 6.07) is 3.84. The fourth-order valence-electron chi connectivity index (χ4n) is 1.62. The van der Waals surface area contributed by atoms with Crippen molar-refractivity contribution in [1.82, 2.24) is 0 Å². The number of hydrogen-bond acceptors (Lipinski definition) is 0. The SMILES string of the molecule is Clc1cc(Cl)c2c(c1)C[NH2+]CC2. The third-order valence-electron chi connectivity index (χ3n) is 2.22. The van der Waals surface area contributed by atoms with E-state index in [1.165, 1.54) is 11.1 Å². The van der Waals surface area contributed by atoms with Gasteiger partial charge in [0, 0.05) is 22.0 Å². The zero-order chi connectivity index (χ0) is 8.55. The van der Waals surface area contributed by atoms with E-state index in [1.54, 1.807) is 0 Å². The molecule has 2 N–H and O–H groups in total. The molecule has 1 aliphatic rings. The fraction of sp³-hybridized carbons (Fsp3) is 0.333. The molecule has 0 aliphatic carbocycles. The van der Waals surface area contributed by atoms with Gasteiger partial charge in [0.25, 0.3) is 0 Å². The standard InChI is InChI=1S/C9H9Cl2N/c10-7-3-6-5-12-2-1-8(6)9(11)4-7/h3-4,12H,1-2,5H2/p+1. The average molecular weight is 203 g/mol. The van der Waals surface area contributed by atoms with Crippen LogP contribution in [0.25, 0.3) is 0 Å². The fourth-order valence-corrected chi connectivity index (χ4v) is 2.25. The first-order valence-corrected chi connectivity index (χ1v) is 4.81. The Balaban J connectivity index is 2.53. The van der Waals surface area contributed by atoms with E-state index >= 15 is 0 Å². The summed E-state index contributed by atoms with van der Waals surface area (Å²) in [5.41, 5.74) is 2.57. The van der Waals surface area contributed by atoms with Crippen LogP contribution in [0.2, 0.25) is 10.0 Å². The molecular formula is C9H10Cl2N+. The van der Waals surface area contributed by atoms with Crippen LogP contribution in [0.3, 0.4) is 0 Å². The molecule has 3 heteroatoms. The lowest BCUT2D eigenvalue weighted by Gasteiger charge is -2.15. The molecule has 1 aromatic rings. The second kappa shape index (κ2) is 3.25. The van der Waals surface area contributed by atoms with Crippen LogP contribution in [0.5, 0.6) is 0 Å². The molecular weight excluding hydrogens is 193 g/mol. The Hall–Kier alpha value is -0.240. The lowest BCUT2D eigenvalue weighted by molar-refractivity contribution is -0.673. The third kappa shape index (κ3) is 1.45. The highest BCUT2D eigenvalue weighted by atomic mass is 35.5. The molecule has 0 spiro atoms. The van der Waals surface area contributed by atoms with Gasteiger partial charge in [0.15, 0.2) is 0 Å². The van der Waals surface area contributed by atoms with Crippen molar-refractivity contribution >= 4 is 23.2 Å². The van der Waals surface area contributed by atoms with Crippen molar-refractivity contribution in [2.75, 3.05) is 6.54 Å². The van der Waals surface area contributed by atoms with Gasteiger partial charge in [-0.05, 0) is 17.7 Å². The number of benzene rings is 1. The summed E-state index contributed by atoms with van der Waals surface area (Å²) in [5, 5.41) is 3.84. The summed E-state index contributed by atoms with van der Waals surface area (Å²) >= 11 is 11.9. The average Bonchev–Trinajstić information content (AvgIpc) is 2.04. The minimum absolute atomic E-state index is 0.744. The van der Waals surface area contributed by atoms with Gasteiger partial charge in [-0.3, -0.25) is 0 Å². The number of quaternary nitrogens is 1. The van der Waals surface area contributed by atoms with Gasteiger partial charge in [-0.25, -0.2) is 0 Å². The van der Waals surface area contributed by atoms with E-state index in [0.717, 1.165) is 29.6 Å². The predicted octanol–water partition coefficient (Wildman–Crippen LogP) is 1.61. The minimum atomic E-state index is 0.744. The highest BCUT2D eigenvalue weighted by Gasteiger charge is 2.14. The Morgan fingerprint density at radius 1 is 1.25 bits per heavy atom. The molecule has 0 saturated heterocycles. The highest BCUT2D eigenvalue weighted by Crippen LogP contribution is 2.26. The first kappa shape index (κ1) is 8.36. The van der Waals surface area contributed by atoms with Crippen molar-refractivity contribution in [3.8, 4) is 0 Å². The summed E-state index contributed by atoms with van der Waals surface area (Å²) in [4.78, 5) is 0. The van der Waals surface area contributed by atoms with Crippen LogP contribution in [0.1, 0.15) is 11.1 Å². The molecule has 0 unspecified atom stereocenters. The molecule has 1 heterocycles. The van der Waals surface area contributed by atoms with E-state index in [4.69, 9.17) is 23.2 Å². The highest BCUT2D eigenvalue weighted by molar-refractivity contribution is 6.35. The van der Waals surface area contributed by atoms with Crippen LogP contribution in [0.15, 0.2) is 12.1 Å². The summed E-state index contributed by atoms with van der Waals surface area (Å²) in [5.74, 6) is 0. The minimum Gasteiger partial charge on any atom is -0.342 e. The molecule has 1 aromatic carbocycles. The van der Waals surface area contributed by atoms with Crippen molar-refractivity contribution in [2.24, 2.45) is 0 Å². The quantitative estimate of drug-likeness (QED) is 0.659. The molecule has 0 atom stereocenters. The summed E-state index contributed by atoms with van der Waals surface area (Å²) in [6.45, 7) is 2.14. The number of nitrogens with two attached hydrogens (primary N) is 1. The Kier molecular flexibility index (Phi) is 2.26. The van der Waals surface area contributed by atoms with E-state index in [0.29, 0.717) is 0 Å². The van der Waals surface area contributed by atoms with Crippen LogP contribution >= 0.6 is 23.2 Å². The largest absolute Gasteiger partial charge is 0.342 e. The first-order chi connectivity index (χ1) is 5.77. The van der Waals surface area contributed by atoms with Gasteiger partial charge in [0.05, 0.1) is 6.54 Å². The van der Waals surface area contributed by atoms with E-state index in [9.17, 15) is 0 Å². The Morgan fingerprint density at radius 2 is 2.08 bits per heavy atom. The molecule has 0 aromatic heterocycles. The van der Waals surface area contributed by atoms with Gasteiger partial charge in [-0.2, -0.15) is 0 Å². The van der Waals surface area contributed by atoms with Crippen molar-refractivity contribution in [3.05, 3.63) is 33.3 Å². The van der Waals surface area contributed by atoms with Crippen LogP contribution in [-0.4, -0.2) is 6.54 Å². The van der Waals surface area contributed by atoms with Gasteiger partial charge >= 0.3 is 0 Å². The van der Waals surface area contributed by atoms with Crippen molar-refractivity contribution < 1.29 is 5.32 Å². The van der Waals surface area contributed by atoms with Crippen molar-refractivity contribution in [3.63, 3.8) is 0 Å². The maximum Gasteiger partial charge on any atom is 0.102 e. The molecule has 64 valence electrons. The summed E-state index contributed by atoms with van der Waals surface area (Å²) in [7, 11) is 0. The van der Waals surface area contributed by atoms with Crippen LogP contribution in [-0.2, 0) is 13.0 Å². The topological polar surface area (TPSA) is 16.6 Å². The lowest BCUT2D eigenvalue weighted by Crippen LogP contribution is -2.84. The van der Waals surface area contributed by atoms with Crippen LogP contribution in [0.4, 0.5) is 0 Å². The van der Waals surface area contributed by atoms with Crippen LogP contribution in [0, 0.1) is 0 Å². The second-order valence-corrected chi connectivity index (χ2v) is 3.90. The van der Waals surface area contributed by atoms with Gasteiger partial charge in [-0.1, -0.05) is 23.2 Å². The first-order valence-electron chi connectivity index (χ1n) is 4.06. The predicted molar refractivity (Wildman–Crippen MR) is 50.7 cm³/mol. The normalized spacial score (nSPS) is 15.8. The summed E-state index contributed by atoms with van der Waals surface area (Å²) < 4.78 is 0. The van der Waals surface area contributed by atoms with E-state index in [-0.39, 0.29) is 0 Å². The van der Waals surface area contributed by atoms with Crippen molar-refractivity contribution in [1.29, 1.82) is 0 Å².